The Balaban J connectivity index is 1.39. The quantitative estimate of drug-likeness (QED) is 0.622. The third-order valence-corrected chi connectivity index (χ3v) is 5.85. The molecule has 4 rings (SSSR count). The Morgan fingerprint density at radius 2 is 1.88 bits per heavy atom. The first-order chi connectivity index (χ1) is 15.4. The fourth-order valence-corrected chi connectivity index (χ4v) is 4.06. The van der Waals surface area contributed by atoms with Crippen molar-refractivity contribution in [3.8, 4) is 5.69 Å². The molecule has 1 aliphatic heterocycles. The van der Waals surface area contributed by atoms with Gasteiger partial charge in [0.15, 0.2) is 0 Å². The lowest BCUT2D eigenvalue weighted by molar-refractivity contribution is -0.123. The molecule has 1 aliphatic rings. The fraction of sp³-hybridized carbons (Fsp3) is 0.292. The van der Waals surface area contributed by atoms with E-state index in [1.807, 2.05) is 24.3 Å². The Kier molecular flexibility index (Phi) is 6.32. The molecule has 7 nitrogen and oxygen atoms in total. The lowest BCUT2D eigenvalue weighted by atomic mass is 9.97. The number of anilines is 1. The largest absolute Gasteiger partial charge is 0.369 e. The van der Waals surface area contributed by atoms with Gasteiger partial charge in [-0.2, -0.15) is 5.10 Å². The molecule has 3 aromatic rings. The van der Waals surface area contributed by atoms with E-state index in [0.29, 0.717) is 29.2 Å². The highest BCUT2D eigenvalue weighted by molar-refractivity contribution is 6.05. The molecular formula is C24H26FN5O2. The third kappa shape index (κ3) is 4.86. The molecule has 166 valence electrons. The summed E-state index contributed by atoms with van der Waals surface area (Å²) in [6.45, 7) is 4.17. The van der Waals surface area contributed by atoms with Crippen molar-refractivity contribution < 1.29 is 14.0 Å². The summed E-state index contributed by atoms with van der Waals surface area (Å²) >= 11 is 0. The van der Waals surface area contributed by atoms with E-state index in [2.05, 4.69) is 15.3 Å². The highest BCUT2D eigenvalue weighted by Crippen LogP contribution is 2.20. The van der Waals surface area contributed by atoms with Gasteiger partial charge in [-0.1, -0.05) is 12.1 Å². The predicted molar refractivity (Wildman–Crippen MR) is 120 cm³/mol. The van der Waals surface area contributed by atoms with Crippen LogP contribution in [0.2, 0.25) is 0 Å². The van der Waals surface area contributed by atoms with Gasteiger partial charge in [0.25, 0.3) is 5.91 Å². The standard InChI is InChI=1S/C24H26FN5O2/c1-16-22(13-27-30(16)21-10-6-19(25)7-11-21)24(32)28-20-8-4-17(5-9-20)14-29-12-2-3-18(15-29)23(26)31/h4-11,13,18H,2-3,12,14-15H2,1H3,(H2,26,31)(H,28,32). The normalized spacial score (nSPS) is 16.6. The van der Waals surface area contributed by atoms with Crippen molar-refractivity contribution in [3.05, 3.63) is 77.4 Å². The van der Waals surface area contributed by atoms with Gasteiger partial charge in [0.2, 0.25) is 5.91 Å². The van der Waals surface area contributed by atoms with Gasteiger partial charge in [-0.05, 0) is 68.3 Å². The van der Waals surface area contributed by atoms with Gasteiger partial charge in [0.05, 0.1) is 29.1 Å². The number of hydrogen-bond donors (Lipinski definition) is 2. The van der Waals surface area contributed by atoms with Crippen LogP contribution < -0.4 is 11.1 Å². The third-order valence-electron chi connectivity index (χ3n) is 5.85. The molecule has 2 heterocycles. The Morgan fingerprint density at radius 1 is 1.16 bits per heavy atom. The van der Waals surface area contributed by atoms with Gasteiger partial charge in [-0.15, -0.1) is 0 Å². The number of halogens is 1. The number of rotatable bonds is 6. The lowest BCUT2D eigenvalue weighted by Crippen LogP contribution is -2.40. The van der Waals surface area contributed by atoms with Gasteiger partial charge >= 0.3 is 0 Å². The first-order valence-electron chi connectivity index (χ1n) is 10.6. The van der Waals surface area contributed by atoms with Crippen LogP contribution in [0.5, 0.6) is 0 Å². The van der Waals surface area contributed by atoms with Crippen LogP contribution in [0.25, 0.3) is 5.69 Å². The molecule has 1 atom stereocenters. The second-order valence-corrected chi connectivity index (χ2v) is 8.16. The number of piperidine rings is 1. The first-order valence-corrected chi connectivity index (χ1v) is 10.6. The lowest BCUT2D eigenvalue weighted by Gasteiger charge is -2.31. The molecule has 1 aromatic heterocycles. The highest BCUT2D eigenvalue weighted by Gasteiger charge is 2.23. The molecule has 1 unspecified atom stereocenters. The summed E-state index contributed by atoms with van der Waals surface area (Å²) < 4.78 is 14.8. The molecule has 32 heavy (non-hydrogen) atoms. The average Bonchev–Trinajstić information content (AvgIpc) is 3.17. The van der Waals surface area contributed by atoms with Crippen molar-refractivity contribution in [2.45, 2.75) is 26.3 Å². The maximum absolute atomic E-state index is 13.2. The van der Waals surface area contributed by atoms with Crippen LogP contribution in [0.3, 0.4) is 0 Å². The molecule has 2 amide bonds. The van der Waals surface area contributed by atoms with E-state index >= 15 is 0 Å². The first kappa shape index (κ1) is 21.7. The van der Waals surface area contributed by atoms with Gasteiger partial charge in [0.1, 0.15) is 5.82 Å². The SMILES string of the molecule is Cc1c(C(=O)Nc2ccc(CN3CCCC(C(N)=O)C3)cc2)cnn1-c1ccc(F)cc1. The number of nitrogens with zero attached hydrogens (tertiary/aromatic N) is 3. The van der Waals surface area contributed by atoms with Crippen molar-refractivity contribution in [1.82, 2.24) is 14.7 Å². The van der Waals surface area contributed by atoms with Gasteiger partial charge < -0.3 is 11.1 Å². The number of benzene rings is 2. The van der Waals surface area contributed by atoms with Gasteiger partial charge in [-0.25, -0.2) is 9.07 Å². The van der Waals surface area contributed by atoms with Crippen LogP contribution in [-0.2, 0) is 11.3 Å². The summed E-state index contributed by atoms with van der Waals surface area (Å²) in [4.78, 5) is 26.5. The number of carbonyl (C=O) groups is 2. The highest BCUT2D eigenvalue weighted by atomic mass is 19.1. The molecule has 1 saturated heterocycles. The Morgan fingerprint density at radius 3 is 2.56 bits per heavy atom. The molecule has 0 aliphatic carbocycles. The number of carbonyl (C=O) groups excluding carboxylic acids is 2. The summed E-state index contributed by atoms with van der Waals surface area (Å²) in [7, 11) is 0. The average molecular weight is 436 g/mol. The van der Waals surface area contributed by atoms with E-state index in [9.17, 15) is 14.0 Å². The predicted octanol–water partition coefficient (Wildman–Crippen LogP) is 3.27. The minimum atomic E-state index is -0.326. The number of nitrogens with two attached hydrogens (primary N) is 1. The van der Waals surface area contributed by atoms with E-state index < -0.39 is 0 Å². The van der Waals surface area contributed by atoms with Crippen LogP contribution in [0, 0.1) is 18.7 Å². The minimum absolute atomic E-state index is 0.0821. The molecule has 0 saturated carbocycles. The van der Waals surface area contributed by atoms with Crippen LogP contribution in [0.15, 0.2) is 54.7 Å². The summed E-state index contributed by atoms with van der Waals surface area (Å²) in [6.07, 6.45) is 3.33. The summed E-state index contributed by atoms with van der Waals surface area (Å²) in [6, 6.07) is 13.6. The zero-order valence-corrected chi connectivity index (χ0v) is 17.9. The number of amides is 2. The van der Waals surface area contributed by atoms with Crippen LogP contribution >= 0.6 is 0 Å². The number of hydrogen-bond acceptors (Lipinski definition) is 4. The Hall–Kier alpha value is -3.52. The van der Waals surface area contributed by atoms with Crippen LogP contribution in [0.4, 0.5) is 10.1 Å². The Labute approximate surface area is 186 Å². The smallest absolute Gasteiger partial charge is 0.259 e. The fourth-order valence-electron chi connectivity index (χ4n) is 4.06. The molecule has 0 bridgehead atoms. The molecule has 3 N–H and O–H groups in total. The number of nitrogens with one attached hydrogen (secondary N) is 1. The summed E-state index contributed by atoms with van der Waals surface area (Å²) in [5, 5.41) is 7.17. The van der Waals surface area contributed by atoms with Crippen molar-refractivity contribution in [1.29, 1.82) is 0 Å². The summed E-state index contributed by atoms with van der Waals surface area (Å²) in [5.41, 5.74) is 9.05. The number of likely N-dealkylation sites (tertiary alicyclic amines) is 1. The van der Waals surface area contributed by atoms with Gasteiger partial charge in [0, 0.05) is 18.8 Å². The van der Waals surface area contributed by atoms with E-state index in [4.69, 9.17) is 5.73 Å². The van der Waals surface area contributed by atoms with E-state index in [-0.39, 0.29) is 23.5 Å². The molecule has 0 spiro atoms. The zero-order valence-electron chi connectivity index (χ0n) is 17.9. The van der Waals surface area contributed by atoms with Crippen molar-refractivity contribution in [3.63, 3.8) is 0 Å². The van der Waals surface area contributed by atoms with Crippen LogP contribution in [0.1, 0.15) is 34.5 Å². The second-order valence-electron chi connectivity index (χ2n) is 8.16. The van der Waals surface area contributed by atoms with Crippen molar-refractivity contribution in [2.24, 2.45) is 11.7 Å². The number of aromatic nitrogens is 2. The maximum atomic E-state index is 13.2. The van der Waals surface area contributed by atoms with Gasteiger partial charge in [-0.3, -0.25) is 14.5 Å². The monoisotopic (exact) mass is 435 g/mol. The second kappa shape index (κ2) is 9.32. The molecule has 1 fully saturated rings. The molecule has 8 heteroatoms. The zero-order chi connectivity index (χ0) is 22.7. The van der Waals surface area contributed by atoms with E-state index in [1.165, 1.54) is 18.3 Å². The minimum Gasteiger partial charge on any atom is -0.369 e. The molecule has 2 aromatic carbocycles. The van der Waals surface area contributed by atoms with Crippen molar-refractivity contribution >= 4 is 17.5 Å². The van der Waals surface area contributed by atoms with Crippen molar-refractivity contribution in [2.75, 3.05) is 18.4 Å². The molecular weight excluding hydrogens is 409 g/mol. The summed E-state index contributed by atoms with van der Waals surface area (Å²) in [5.74, 6) is -0.899. The van der Waals surface area contributed by atoms with E-state index in [1.54, 1.807) is 23.7 Å². The van der Waals surface area contributed by atoms with E-state index in [0.717, 1.165) is 31.5 Å². The Bertz CT molecular complexity index is 1110. The number of primary amides is 1. The van der Waals surface area contributed by atoms with Crippen LogP contribution in [-0.4, -0.2) is 39.6 Å². The topological polar surface area (TPSA) is 93.2 Å². The maximum Gasteiger partial charge on any atom is 0.259 e. The molecule has 0 radical (unpaired) electrons.